The molecule has 1 aromatic carbocycles. The van der Waals surface area contributed by atoms with Crippen molar-refractivity contribution >= 4 is 23.2 Å². The van der Waals surface area contributed by atoms with Gasteiger partial charge in [-0.2, -0.15) is 0 Å². The molecule has 0 spiro atoms. The summed E-state index contributed by atoms with van der Waals surface area (Å²) in [6, 6.07) is 7.38. The van der Waals surface area contributed by atoms with E-state index in [0.717, 1.165) is 17.7 Å². The number of carboxylic acid groups (broad SMARTS) is 1. The number of carbonyl (C=O) groups is 2. The smallest absolute Gasteiger partial charge is 0.329 e. The van der Waals surface area contributed by atoms with E-state index in [1.54, 1.807) is 12.5 Å². The average Bonchev–Trinajstić information content (AvgIpc) is 3.00. The van der Waals surface area contributed by atoms with Crippen LogP contribution in [0.3, 0.4) is 0 Å². The van der Waals surface area contributed by atoms with Gasteiger partial charge in [0.1, 0.15) is 22.0 Å². The van der Waals surface area contributed by atoms with E-state index in [-0.39, 0.29) is 5.69 Å². The summed E-state index contributed by atoms with van der Waals surface area (Å²) in [6.07, 6.45) is 1.73. The number of ether oxygens (including phenoxy) is 1. The molecular formula is C16H16N2O4S. The van der Waals surface area contributed by atoms with E-state index in [0.29, 0.717) is 17.8 Å². The van der Waals surface area contributed by atoms with Crippen molar-refractivity contribution in [3.8, 4) is 16.3 Å². The Morgan fingerprint density at radius 2 is 2.00 bits per heavy atom. The Bertz CT molecular complexity index is 735. The molecule has 23 heavy (non-hydrogen) atoms. The Labute approximate surface area is 137 Å². The summed E-state index contributed by atoms with van der Waals surface area (Å²) in [7, 11) is 1.60. The summed E-state index contributed by atoms with van der Waals surface area (Å²) < 4.78 is 5.11. The van der Waals surface area contributed by atoms with Crippen molar-refractivity contribution in [3.63, 3.8) is 0 Å². The van der Waals surface area contributed by atoms with Crippen LogP contribution in [0.25, 0.3) is 10.6 Å². The highest BCUT2D eigenvalue weighted by Crippen LogP contribution is 2.33. The summed E-state index contributed by atoms with van der Waals surface area (Å²) in [5.74, 6) is -0.678. The van der Waals surface area contributed by atoms with E-state index in [9.17, 15) is 14.7 Å². The molecular weight excluding hydrogens is 316 g/mol. The Morgan fingerprint density at radius 3 is 2.52 bits per heavy atom. The lowest BCUT2D eigenvalue weighted by Gasteiger charge is -2.37. The van der Waals surface area contributed by atoms with Crippen LogP contribution in [-0.4, -0.2) is 34.6 Å². The topological polar surface area (TPSA) is 88.5 Å². The number of benzene rings is 1. The van der Waals surface area contributed by atoms with E-state index < -0.39 is 17.4 Å². The number of nitrogens with zero attached hydrogens (tertiary/aromatic N) is 1. The second kappa shape index (κ2) is 6.00. The van der Waals surface area contributed by atoms with Crippen LogP contribution in [-0.2, 0) is 4.79 Å². The Morgan fingerprint density at radius 1 is 1.30 bits per heavy atom. The largest absolute Gasteiger partial charge is 0.497 e. The SMILES string of the molecule is COc1ccc(-c2nc(C(=O)NC3(C(=O)O)CCC3)cs2)cc1. The van der Waals surface area contributed by atoms with Crippen molar-refractivity contribution in [2.45, 2.75) is 24.8 Å². The van der Waals surface area contributed by atoms with Crippen molar-refractivity contribution in [1.82, 2.24) is 10.3 Å². The maximum atomic E-state index is 12.3. The number of carbonyl (C=O) groups excluding carboxylic acids is 1. The van der Waals surface area contributed by atoms with E-state index in [4.69, 9.17) is 4.74 Å². The number of rotatable bonds is 5. The minimum absolute atomic E-state index is 0.244. The van der Waals surface area contributed by atoms with Crippen LogP contribution in [0.4, 0.5) is 0 Å². The standard InChI is InChI=1S/C16H16N2O4S/c1-22-11-5-3-10(4-6-11)14-17-12(9-23-14)13(19)18-16(15(20)21)7-2-8-16/h3-6,9H,2,7-8H2,1H3,(H,18,19)(H,20,21). The van der Waals surface area contributed by atoms with Crippen LogP contribution in [0, 0.1) is 0 Å². The first kappa shape index (κ1) is 15.5. The first-order valence-electron chi connectivity index (χ1n) is 7.20. The van der Waals surface area contributed by atoms with Crippen molar-refractivity contribution in [3.05, 3.63) is 35.3 Å². The highest BCUT2D eigenvalue weighted by atomic mass is 32.1. The number of aliphatic carboxylic acids is 1. The number of thiazole rings is 1. The fourth-order valence-corrected chi connectivity index (χ4v) is 3.25. The number of aromatic nitrogens is 1. The zero-order valence-corrected chi connectivity index (χ0v) is 13.4. The zero-order chi connectivity index (χ0) is 16.4. The first-order chi connectivity index (χ1) is 11.0. The second-order valence-corrected chi connectivity index (χ2v) is 6.32. The van der Waals surface area contributed by atoms with Gasteiger partial charge in [0.05, 0.1) is 7.11 Å². The molecule has 0 saturated heterocycles. The third-order valence-electron chi connectivity index (χ3n) is 4.04. The van der Waals surface area contributed by atoms with Crippen molar-refractivity contribution in [2.24, 2.45) is 0 Å². The fourth-order valence-electron chi connectivity index (χ4n) is 2.45. The number of amides is 1. The third-order valence-corrected chi connectivity index (χ3v) is 4.93. The summed E-state index contributed by atoms with van der Waals surface area (Å²) in [5.41, 5.74) is 0.000770. The Hall–Kier alpha value is -2.41. The molecule has 1 amide bonds. The van der Waals surface area contributed by atoms with Crippen molar-refractivity contribution < 1.29 is 19.4 Å². The fraction of sp³-hybridized carbons (Fsp3) is 0.312. The molecule has 7 heteroatoms. The summed E-state index contributed by atoms with van der Waals surface area (Å²) in [5, 5.41) is 14.2. The van der Waals surface area contributed by atoms with Gasteiger partial charge in [-0.1, -0.05) is 0 Å². The highest BCUT2D eigenvalue weighted by Gasteiger charge is 2.46. The first-order valence-corrected chi connectivity index (χ1v) is 8.08. The molecule has 1 aliphatic carbocycles. The molecule has 1 aliphatic rings. The summed E-state index contributed by atoms with van der Waals surface area (Å²) in [4.78, 5) is 27.9. The summed E-state index contributed by atoms with van der Waals surface area (Å²) in [6.45, 7) is 0. The minimum Gasteiger partial charge on any atom is -0.497 e. The van der Waals surface area contributed by atoms with E-state index in [1.807, 2.05) is 24.3 Å². The zero-order valence-electron chi connectivity index (χ0n) is 12.5. The molecule has 3 rings (SSSR count). The molecule has 6 nitrogen and oxygen atoms in total. The molecule has 1 saturated carbocycles. The maximum Gasteiger partial charge on any atom is 0.329 e. The number of carboxylic acids is 1. The van der Waals surface area contributed by atoms with Crippen molar-refractivity contribution in [1.29, 1.82) is 0 Å². The molecule has 2 aromatic rings. The summed E-state index contributed by atoms with van der Waals surface area (Å²) >= 11 is 1.34. The molecule has 120 valence electrons. The third kappa shape index (κ3) is 2.92. The van der Waals surface area contributed by atoms with Gasteiger partial charge in [-0.3, -0.25) is 4.79 Å². The number of nitrogens with one attached hydrogen (secondary N) is 1. The lowest BCUT2D eigenvalue weighted by molar-refractivity contribution is -0.148. The normalized spacial score (nSPS) is 15.5. The second-order valence-electron chi connectivity index (χ2n) is 5.46. The Kier molecular flexibility index (Phi) is 4.04. The predicted molar refractivity (Wildman–Crippen MR) is 85.8 cm³/mol. The maximum absolute atomic E-state index is 12.3. The van der Waals surface area contributed by atoms with Crippen molar-refractivity contribution in [2.75, 3.05) is 7.11 Å². The monoisotopic (exact) mass is 332 g/mol. The highest BCUT2D eigenvalue weighted by molar-refractivity contribution is 7.13. The van der Waals surface area contributed by atoms with Crippen LogP contribution in [0.15, 0.2) is 29.6 Å². The quantitative estimate of drug-likeness (QED) is 0.878. The van der Waals surface area contributed by atoms with Gasteiger partial charge in [-0.25, -0.2) is 9.78 Å². The van der Waals surface area contributed by atoms with Crippen LogP contribution in [0.1, 0.15) is 29.8 Å². The average molecular weight is 332 g/mol. The molecule has 0 aliphatic heterocycles. The van der Waals surface area contributed by atoms with Gasteiger partial charge in [-0.05, 0) is 43.5 Å². The van der Waals surface area contributed by atoms with Crippen LogP contribution in [0.5, 0.6) is 5.75 Å². The van der Waals surface area contributed by atoms with Gasteiger partial charge in [0, 0.05) is 10.9 Å². The van der Waals surface area contributed by atoms with Gasteiger partial charge >= 0.3 is 5.97 Å². The lowest BCUT2D eigenvalue weighted by Crippen LogP contribution is -2.59. The van der Waals surface area contributed by atoms with Gasteiger partial charge in [0.15, 0.2) is 0 Å². The Balaban J connectivity index is 1.75. The molecule has 0 radical (unpaired) electrons. The number of methoxy groups -OCH3 is 1. The number of hydrogen-bond donors (Lipinski definition) is 2. The molecule has 1 heterocycles. The molecule has 0 unspecified atom stereocenters. The molecule has 1 fully saturated rings. The van der Waals surface area contributed by atoms with E-state index in [1.165, 1.54) is 11.3 Å². The van der Waals surface area contributed by atoms with Gasteiger partial charge < -0.3 is 15.2 Å². The molecule has 0 bridgehead atoms. The van der Waals surface area contributed by atoms with Crippen LogP contribution in [0.2, 0.25) is 0 Å². The molecule has 2 N–H and O–H groups in total. The van der Waals surface area contributed by atoms with E-state index in [2.05, 4.69) is 10.3 Å². The van der Waals surface area contributed by atoms with E-state index >= 15 is 0 Å². The molecule has 0 atom stereocenters. The minimum atomic E-state index is -1.12. The predicted octanol–water partition coefficient (Wildman–Crippen LogP) is 2.56. The van der Waals surface area contributed by atoms with Gasteiger partial charge in [0.2, 0.25) is 0 Å². The van der Waals surface area contributed by atoms with Gasteiger partial charge in [0.25, 0.3) is 5.91 Å². The lowest BCUT2D eigenvalue weighted by atomic mass is 9.76. The van der Waals surface area contributed by atoms with Gasteiger partial charge in [-0.15, -0.1) is 11.3 Å². The van der Waals surface area contributed by atoms with Crippen LogP contribution < -0.4 is 10.1 Å². The molecule has 1 aromatic heterocycles. The number of hydrogen-bond acceptors (Lipinski definition) is 5. The van der Waals surface area contributed by atoms with Crippen LogP contribution >= 0.6 is 11.3 Å².